The fraction of sp³-hybridized carbons (Fsp3) is 0. The van der Waals surface area contributed by atoms with Crippen LogP contribution in [0.5, 0.6) is 0 Å². The van der Waals surface area contributed by atoms with E-state index in [2.05, 4.69) is 9.97 Å². The molecule has 0 saturated heterocycles. The Balaban J connectivity index is 2.62. The SMILES string of the molecule is N#Cc1nc(Cl)nc2oc3ccccc3c12. The third-order valence-corrected chi connectivity index (χ3v) is 2.49. The summed E-state index contributed by atoms with van der Waals surface area (Å²) in [5, 5.41) is 10.5. The first-order chi connectivity index (χ1) is 7.79. The predicted octanol–water partition coefficient (Wildman–Crippen LogP) is 2.90. The molecule has 2 aromatic heterocycles. The van der Waals surface area contributed by atoms with Gasteiger partial charge in [0.05, 0.1) is 5.39 Å². The number of halogens is 1. The Bertz CT molecular complexity index is 742. The molecular formula is C11H4ClN3O. The third kappa shape index (κ3) is 1.16. The van der Waals surface area contributed by atoms with Crippen molar-refractivity contribution in [2.24, 2.45) is 0 Å². The molecule has 0 unspecified atom stereocenters. The van der Waals surface area contributed by atoms with Crippen LogP contribution in [0.1, 0.15) is 5.69 Å². The van der Waals surface area contributed by atoms with Crippen LogP contribution in [0.15, 0.2) is 28.7 Å². The molecule has 0 aliphatic carbocycles. The Morgan fingerprint density at radius 1 is 1.25 bits per heavy atom. The lowest BCUT2D eigenvalue weighted by Gasteiger charge is -1.92. The van der Waals surface area contributed by atoms with Crippen molar-refractivity contribution in [3.63, 3.8) is 0 Å². The molecule has 3 rings (SSSR count). The quantitative estimate of drug-likeness (QED) is 0.556. The number of nitriles is 1. The number of aromatic nitrogens is 2. The van der Waals surface area contributed by atoms with Crippen LogP contribution in [0.4, 0.5) is 0 Å². The minimum Gasteiger partial charge on any atom is -0.437 e. The highest BCUT2D eigenvalue weighted by molar-refractivity contribution is 6.28. The molecule has 2 heterocycles. The number of rotatable bonds is 0. The van der Waals surface area contributed by atoms with Gasteiger partial charge in [-0.1, -0.05) is 18.2 Å². The van der Waals surface area contributed by atoms with Gasteiger partial charge in [0.25, 0.3) is 0 Å². The molecule has 4 nitrogen and oxygen atoms in total. The molecule has 1 aromatic carbocycles. The van der Waals surface area contributed by atoms with E-state index >= 15 is 0 Å². The number of nitrogens with zero attached hydrogens (tertiary/aromatic N) is 3. The first-order valence-corrected chi connectivity index (χ1v) is 4.92. The maximum atomic E-state index is 9.00. The third-order valence-electron chi connectivity index (χ3n) is 2.32. The molecule has 5 heteroatoms. The van der Waals surface area contributed by atoms with Gasteiger partial charge in [-0.15, -0.1) is 0 Å². The van der Waals surface area contributed by atoms with Crippen LogP contribution in [-0.2, 0) is 0 Å². The zero-order chi connectivity index (χ0) is 11.1. The van der Waals surface area contributed by atoms with E-state index in [0.717, 1.165) is 5.39 Å². The van der Waals surface area contributed by atoms with Gasteiger partial charge in [0, 0.05) is 5.39 Å². The van der Waals surface area contributed by atoms with E-state index in [4.69, 9.17) is 21.3 Å². The summed E-state index contributed by atoms with van der Waals surface area (Å²) in [7, 11) is 0. The van der Waals surface area contributed by atoms with E-state index in [1.54, 1.807) is 0 Å². The summed E-state index contributed by atoms with van der Waals surface area (Å²) in [6, 6.07) is 9.39. The van der Waals surface area contributed by atoms with Gasteiger partial charge in [-0.05, 0) is 17.7 Å². The van der Waals surface area contributed by atoms with Gasteiger partial charge in [0.1, 0.15) is 11.7 Å². The standard InChI is InChI=1S/C11H4ClN3O/c12-11-14-7(5-13)9-6-3-1-2-4-8(6)16-10(9)15-11/h1-4H. The van der Waals surface area contributed by atoms with Gasteiger partial charge < -0.3 is 4.42 Å². The summed E-state index contributed by atoms with van der Waals surface area (Å²) in [6.45, 7) is 0. The maximum absolute atomic E-state index is 9.00. The zero-order valence-electron chi connectivity index (χ0n) is 7.94. The Labute approximate surface area is 95.1 Å². The molecule has 0 aliphatic rings. The highest BCUT2D eigenvalue weighted by Gasteiger charge is 2.14. The highest BCUT2D eigenvalue weighted by Crippen LogP contribution is 2.29. The van der Waals surface area contributed by atoms with Gasteiger partial charge in [0.2, 0.25) is 11.0 Å². The molecule has 0 radical (unpaired) electrons. The summed E-state index contributed by atoms with van der Waals surface area (Å²) in [6.07, 6.45) is 0. The van der Waals surface area contributed by atoms with E-state index in [-0.39, 0.29) is 11.0 Å². The molecule has 0 amide bonds. The second kappa shape index (κ2) is 3.19. The smallest absolute Gasteiger partial charge is 0.233 e. The second-order valence-corrected chi connectivity index (χ2v) is 3.57. The molecule has 0 bridgehead atoms. The van der Waals surface area contributed by atoms with Gasteiger partial charge >= 0.3 is 0 Å². The van der Waals surface area contributed by atoms with E-state index in [9.17, 15) is 0 Å². The molecular weight excluding hydrogens is 226 g/mol. The average molecular weight is 230 g/mol. The van der Waals surface area contributed by atoms with Gasteiger partial charge in [-0.2, -0.15) is 10.2 Å². The van der Waals surface area contributed by atoms with Crippen molar-refractivity contribution in [1.82, 2.24) is 9.97 Å². The lowest BCUT2D eigenvalue weighted by atomic mass is 10.2. The summed E-state index contributed by atoms with van der Waals surface area (Å²) in [5.41, 5.74) is 1.25. The Kier molecular flexibility index (Phi) is 1.82. The normalized spacial score (nSPS) is 10.8. The zero-order valence-corrected chi connectivity index (χ0v) is 8.69. The second-order valence-electron chi connectivity index (χ2n) is 3.23. The lowest BCUT2D eigenvalue weighted by Crippen LogP contribution is -1.88. The first-order valence-electron chi connectivity index (χ1n) is 4.54. The predicted molar refractivity (Wildman–Crippen MR) is 59.0 cm³/mol. The molecule has 0 N–H and O–H groups in total. The minimum atomic E-state index is 0.0168. The van der Waals surface area contributed by atoms with Gasteiger partial charge in [-0.25, -0.2) is 4.98 Å². The average Bonchev–Trinajstić information content (AvgIpc) is 2.65. The van der Waals surface area contributed by atoms with E-state index in [1.807, 2.05) is 30.3 Å². The summed E-state index contributed by atoms with van der Waals surface area (Å²) >= 11 is 5.70. The van der Waals surface area contributed by atoms with Crippen molar-refractivity contribution in [2.75, 3.05) is 0 Å². The fourth-order valence-corrected chi connectivity index (χ4v) is 1.84. The van der Waals surface area contributed by atoms with Crippen LogP contribution >= 0.6 is 11.6 Å². The molecule has 0 aliphatic heterocycles. The minimum absolute atomic E-state index is 0.0168. The first kappa shape index (κ1) is 9.13. The highest BCUT2D eigenvalue weighted by atomic mass is 35.5. The number of para-hydroxylation sites is 1. The van der Waals surface area contributed by atoms with Crippen molar-refractivity contribution in [2.45, 2.75) is 0 Å². The van der Waals surface area contributed by atoms with Crippen molar-refractivity contribution in [1.29, 1.82) is 5.26 Å². The van der Waals surface area contributed by atoms with E-state index in [1.165, 1.54) is 0 Å². The summed E-state index contributed by atoms with van der Waals surface area (Å²) in [4.78, 5) is 7.83. The topological polar surface area (TPSA) is 62.7 Å². The van der Waals surface area contributed by atoms with Crippen molar-refractivity contribution in [3.05, 3.63) is 35.2 Å². The van der Waals surface area contributed by atoms with E-state index < -0.39 is 0 Å². The molecule has 0 fully saturated rings. The summed E-state index contributed by atoms with van der Waals surface area (Å²) < 4.78 is 5.49. The molecule has 16 heavy (non-hydrogen) atoms. The summed E-state index contributed by atoms with van der Waals surface area (Å²) in [5.74, 6) is 0. The van der Waals surface area contributed by atoms with Crippen LogP contribution in [0.2, 0.25) is 5.28 Å². The van der Waals surface area contributed by atoms with Crippen LogP contribution in [0, 0.1) is 11.3 Å². The number of hydrogen-bond donors (Lipinski definition) is 0. The molecule has 0 spiro atoms. The van der Waals surface area contributed by atoms with Crippen LogP contribution in [-0.4, -0.2) is 9.97 Å². The van der Waals surface area contributed by atoms with Crippen molar-refractivity contribution in [3.8, 4) is 6.07 Å². The number of hydrogen-bond acceptors (Lipinski definition) is 4. The van der Waals surface area contributed by atoms with E-state index in [0.29, 0.717) is 16.7 Å². The van der Waals surface area contributed by atoms with Gasteiger partial charge in [-0.3, -0.25) is 0 Å². The lowest BCUT2D eigenvalue weighted by molar-refractivity contribution is 0.652. The van der Waals surface area contributed by atoms with Crippen LogP contribution in [0.3, 0.4) is 0 Å². The Hall–Kier alpha value is -2.12. The fourth-order valence-electron chi connectivity index (χ4n) is 1.68. The van der Waals surface area contributed by atoms with Gasteiger partial charge in [0.15, 0.2) is 5.69 Å². The number of furan rings is 1. The van der Waals surface area contributed by atoms with Crippen LogP contribution in [0.25, 0.3) is 22.1 Å². The Morgan fingerprint density at radius 2 is 2.06 bits per heavy atom. The molecule has 0 atom stereocenters. The monoisotopic (exact) mass is 229 g/mol. The number of fused-ring (bicyclic) bond motifs is 3. The molecule has 0 saturated carbocycles. The largest absolute Gasteiger partial charge is 0.437 e. The Morgan fingerprint density at radius 3 is 2.88 bits per heavy atom. The maximum Gasteiger partial charge on any atom is 0.233 e. The van der Waals surface area contributed by atoms with Crippen molar-refractivity contribution >= 4 is 33.7 Å². The molecule has 76 valence electrons. The van der Waals surface area contributed by atoms with Crippen molar-refractivity contribution < 1.29 is 4.42 Å². The van der Waals surface area contributed by atoms with Crippen LogP contribution < -0.4 is 0 Å². The number of benzene rings is 1. The molecule has 3 aromatic rings.